The van der Waals surface area contributed by atoms with Crippen LogP contribution in [0.15, 0.2) is 55.0 Å². The third kappa shape index (κ3) is 2.12. The van der Waals surface area contributed by atoms with Gasteiger partial charge < -0.3 is 0 Å². The van der Waals surface area contributed by atoms with Crippen molar-refractivity contribution in [2.24, 2.45) is 0 Å². The number of aromatic nitrogens is 2. The average molecular weight is 171 g/mol. The second-order valence-electron chi connectivity index (χ2n) is 2.87. The van der Waals surface area contributed by atoms with Gasteiger partial charge >= 0.3 is 0 Å². The topological polar surface area (TPSA) is 16.8 Å². The number of nitrogens with zero attached hydrogens (tertiary/aromatic N) is 2. The van der Waals surface area contributed by atoms with E-state index in [-0.39, 0.29) is 0 Å². The molecule has 0 atom stereocenters. The zero-order valence-corrected chi connectivity index (χ0v) is 7.30. The summed E-state index contributed by atoms with van der Waals surface area (Å²) in [5.74, 6) is 0. The molecule has 0 saturated heterocycles. The largest absolute Gasteiger partial charge is 0.255 e. The summed E-state index contributed by atoms with van der Waals surface area (Å²) in [5, 5.41) is 0. The highest BCUT2D eigenvalue weighted by Gasteiger charge is 1.99. The van der Waals surface area contributed by atoms with Crippen LogP contribution in [-0.4, -0.2) is 4.98 Å². The molecule has 2 aromatic rings. The van der Waals surface area contributed by atoms with E-state index >= 15 is 0 Å². The Morgan fingerprint density at radius 2 is 1.85 bits per heavy atom. The molecule has 0 aromatic carbocycles. The molecule has 13 heavy (non-hydrogen) atoms. The fraction of sp³-hybridized carbons (Fsp3) is 0.0909. The summed E-state index contributed by atoms with van der Waals surface area (Å²) in [7, 11) is 0. The lowest BCUT2D eigenvalue weighted by Crippen LogP contribution is -2.33. The predicted molar refractivity (Wildman–Crippen MR) is 50.0 cm³/mol. The molecule has 0 amide bonds. The minimum atomic E-state index is 0.835. The number of pyridine rings is 2. The smallest absolute Gasteiger partial charge is 0.190 e. The Morgan fingerprint density at radius 1 is 1.00 bits per heavy atom. The van der Waals surface area contributed by atoms with Gasteiger partial charge in [-0.1, -0.05) is 12.1 Å². The van der Waals surface area contributed by atoms with Gasteiger partial charge in [0.2, 0.25) is 0 Å². The maximum Gasteiger partial charge on any atom is 0.190 e. The van der Waals surface area contributed by atoms with Crippen LogP contribution in [0, 0.1) is 0 Å². The Morgan fingerprint density at radius 3 is 2.54 bits per heavy atom. The molecule has 2 heteroatoms. The van der Waals surface area contributed by atoms with Crippen molar-refractivity contribution in [1.29, 1.82) is 0 Å². The van der Waals surface area contributed by atoms with Gasteiger partial charge in [0.15, 0.2) is 18.9 Å². The van der Waals surface area contributed by atoms with Crippen LogP contribution in [0.1, 0.15) is 5.69 Å². The first-order valence-corrected chi connectivity index (χ1v) is 4.29. The van der Waals surface area contributed by atoms with Crippen molar-refractivity contribution in [2.45, 2.75) is 6.54 Å². The SMILES string of the molecule is c1cc[n+](Cc2ccccn2)cc1. The Hall–Kier alpha value is -1.70. The molecule has 0 N–H and O–H groups in total. The van der Waals surface area contributed by atoms with Crippen molar-refractivity contribution >= 4 is 0 Å². The van der Waals surface area contributed by atoms with Crippen LogP contribution in [0.25, 0.3) is 0 Å². The molecule has 0 aliphatic heterocycles. The van der Waals surface area contributed by atoms with E-state index in [1.165, 1.54) is 0 Å². The van der Waals surface area contributed by atoms with Crippen LogP contribution >= 0.6 is 0 Å². The van der Waals surface area contributed by atoms with Crippen molar-refractivity contribution in [1.82, 2.24) is 4.98 Å². The molecule has 0 aliphatic carbocycles. The van der Waals surface area contributed by atoms with E-state index in [1.807, 2.05) is 55.0 Å². The summed E-state index contributed by atoms with van der Waals surface area (Å²) >= 11 is 0. The van der Waals surface area contributed by atoms with Crippen LogP contribution in [0.3, 0.4) is 0 Å². The molecule has 2 aromatic heterocycles. The van der Waals surface area contributed by atoms with Gasteiger partial charge in [0.1, 0.15) is 5.69 Å². The lowest BCUT2D eigenvalue weighted by Gasteiger charge is -1.94. The molecule has 2 heterocycles. The van der Waals surface area contributed by atoms with Gasteiger partial charge in [-0.3, -0.25) is 4.98 Å². The Bertz CT molecular complexity index is 319. The van der Waals surface area contributed by atoms with Gasteiger partial charge in [-0.2, -0.15) is 4.57 Å². The van der Waals surface area contributed by atoms with Crippen molar-refractivity contribution in [3.8, 4) is 0 Å². The molecule has 2 rings (SSSR count). The van der Waals surface area contributed by atoms with E-state index in [4.69, 9.17) is 0 Å². The normalized spacial score (nSPS) is 9.85. The molecule has 0 saturated carbocycles. The van der Waals surface area contributed by atoms with Crippen molar-refractivity contribution < 1.29 is 4.57 Å². The summed E-state index contributed by atoms with van der Waals surface area (Å²) < 4.78 is 2.10. The van der Waals surface area contributed by atoms with Gasteiger partial charge in [0.05, 0.1) is 0 Å². The molecular formula is C11H11N2+. The molecule has 0 spiro atoms. The highest BCUT2D eigenvalue weighted by molar-refractivity contribution is 5.01. The predicted octanol–water partition coefficient (Wildman–Crippen LogP) is 1.42. The molecule has 0 aliphatic rings. The minimum Gasteiger partial charge on any atom is -0.255 e. The molecule has 0 radical (unpaired) electrons. The second-order valence-corrected chi connectivity index (χ2v) is 2.87. The van der Waals surface area contributed by atoms with E-state index in [2.05, 4.69) is 9.55 Å². The van der Waals surface area contributed by atoms with Gasteiger partial charge in [0, 0.05) is 18.3 Å². The van der Waals surface area contributed by atoms with Crippen molar-refractivity contribution in [3.05, 3.63) is 60.7 Å². The molecule has 0 fully saturated rings. The second kappa shape index (κ2) is 3.81. The van der Waals surface area contributed by atoms with E-state index in [0.717, 1.165) is 12.2 Å². The van der Waals surface area contributed by atoms with Gasteiger partial charge in [-0.05, 0) is 12.1 Å². The minimum absolute atomic E-state index is 0.835. The third-order valence-electron chi connectivity index (χ3n) is 1.85. The summed E-state index contributed by atoms with van der Waals surface area (Å²) in [5.41, 5.74) is 1.08. The Balaban J connectivity index is 2.16. The highest BCUT2D eigenvalue weighted by atomic mass is 14.9. The fourth-order valence-electron chi connectivity index (χ4n) is 1.22. The summed E-state index contributed by atoms with van der Waals surface area (Å²) in [4.78, 5) is 4.25. The Labute approximate surface area is 77.5 Å². The van der Waals surface area contributed by atoms with Crippen LogP contribution < -0.4 is 4.57 Å². The Kier molecular flexibility index (Phi) is 2.32. The van der Waals surface area contributed by atoms with Crippen LogP contribution in [0.5, 0.6) is 0 Å². The first kappa shape index (κ1) is 7.92. The average Bonchev–Trinajstić information content (AvgIpc) is 2.21. The summed E-state index contributed by atoms with van der Waals surface area (Å²) in [6, 6.07) is 12.0. The lowest BCUT2D eigenvalue weighted by molar-refractivity contribution is -0.688. The fourth-order valence-corrected chi connectivity index (χ4v) is 1.22. The lowest BCUT2D eigenvalue weighted by atomic mass is 10.3. The van der Waals surface area contributed by atoms with E-state index in [0.29, 0.717) is 0 Å². The zero-order valence-electron chi connectivity index (χ0n) is 7.30. The van der Waals surface area contributed by atoms with E-state index < -0.39 is 0 Å². The molecule has 0 unspecified atom stereocenters. The van der Waals surface area contributed by atoms with Crippen LogP contribution in [0.2, 0.25) is 0 Å². The van der Waals surface area contributed by atoms with Crippen LogP contribution in [0.4, 0.5) is 0 Å². The van der Waals surface area contributed by atoms with E-state index in [1.54, 1.807) is 0 Å². The first-order valence-electron chi connectivity index (χ1n) is 4.29. The van der Waals surface area contributed by atoms with Crippen molar-refractivity contribution in [2.75, 3.05) is 0 Å². The summed E-state index contributed by atoms with van der Waals surface area (Å²) in [6.07, 6.45) is 5.89. The quantitative estimate of drug-likeness (QED) is 0.624. The van der Waals surface area contributed by atoms with Gasteiger partial charge in [-0.15, -0.1) is 0 Å². The summed E-state index contributed by atoms with van der Waals surface area (Å²) in [6.45, 7) is 0.835. The van der Waals surface area contributed by atoms with Crippen molar-refractivity contribution in [3.63, 3.8) is 0 Å². The molecule has 0 bridgehead atoms. The van der Waals surface area contributed by atoms with E-state index in [9.17, 15) is 0 Å². The maximum atomic E-state index is 4.25. The zero-order chi connectivity index (χ0) is 8.93. The maximum absolute atomic E-state index is 4.25. The monoisotopic (exact) mass is 171 g/mol. The third-order valence-corrected chi connectivity index (χ3v) is 1.85. The molecule has 2 nitrogen and oxygen atoms in total. The number of hydrogen-bond acceptors (Lipinski definition) is 1. The first-order chi connectivity index (χ1) is 6.45. The number of rotatable bonds is 2. The standard InChI is InChI=1S/C11H11N2/c1-4-8-13(9-5-1)10-11-6-2-3-7-12-11/h1-9H,10H2/q+1. The molecular weight excluding hydrogens is 160 g/mol. The van der Waals surface area contributed by atoms with Gasteiger partial charge in [-0.25, -0.2) is 0 Å². The van der Waals surface area contributed by atoms with Gasteiger partial charge in [0.25, 0.3) is 0 Å². The molecule has 64 valence electrons. The highest BCUT2D eigenvalue weighted by Crippen LogP contribution is 1.91. The van der Waals surface area contributed by atoms with Crippen LogP contribution in [-0.2, 0) is 6.54 Å². The number of hydrogen-bond donors (Lipinski definition) is 0.